The summed E-state index contributed by atoms with van der Waals surface area (Å²) in [6.45, 7) is 7.28. The minimum Gasteiger partial charge on any atom is -0.493 e. The number of halogens is 1. The molecule has 0 bridgehead atoms. The highest BCUT2D eigenvalue weighted by Crippen LogP contribution is 2.47. The summed E-state index contributed by atoms with van der Waals surface area (Å²) in [5.74, 6) is -0.142. The Balaban J connectivity index is 1.24. The smallest absolute Gasteiger partial charge is 0.412 e. The number of aromatic hydroxyl groups is 1. The van der Waals surface area contributed by atoms with Crippen LogP contribution in [0.4, 0.5) is 14.9 Å². The average molecular weight is 541 g/mol. The first-order valence-corrected chi connectivity index (χ1v) is 13.9. The summed E-state index contributed by atoms with van der Waals surface area (Å²) in [5, 5.41) is 13.6. The van der Waals surface area contributed by atoms with Crippen molar-refractivity contribution in [1.82, 2.24) is 14.9 Å². The summed E-state index contributed by atoms with van der Waals surface area (Å²) in [6.07, 6.45) is 4.11. The molecule has 1 aromatic carbocycles. The Morgan fingerprint density at radius 2 is 2.13 bits per heavy atom. The number of aryl methyl sites for hydroxylation is 1. The fourth-order valence-electron chi connectivity index (χ4n) is 6.78. The Morgan fingerprint density at radius 1 is 1.28 bits per heavy atom. The van der Waals surface area contributed by atoms with Crippen molar-refractivity contribution in [2.45, 2.75) is 95.2 Å². The van der Waals surface area contributed by atoms with Crippen LogP contribution in [0.2, 0.25) is 0 Å². The van der Waals surface area contributed by atoms with Crippen LogP contribution in [0.3, 0.4) is 0 Å². The summed E-state index contributed by atoms with van der Waals surface area (Å²) in [6, 6.07) is 5.99. The van der Waals surface area contributed by atoms with E-state index in [0.717, 1.165) is 49.8 Å². The molecule has 0 saturated carbocycles. The molecule has 1 spiro atoms. The van der Waals surface area contributed by atoms with Crippen LogP contribution in [0.1, 0.15) is 75.3 Å². The molecule has 1 aliphatic carbocycles. The van der Waals surface area contributed by atoms with Gasteiger partial charge in [-0.05, 0) is 82.7 Å². The van der Waals surface area contributed by atoms with Gasteiger partial charge in [-0.2, -0.15) is 9.97 Å². The zero-order valence-corrected chi connectivity index (χ0v) is 22.9. The van der Waals surface area contributed by atoms with Crippen molar-refractivity contribution in [3.05, 3.63) is 40.6 Å². The lowest BCUT2D eigenvalue weighted by molar-refractivity contribution is -0.0865. The van der Waals surface area contributed by atoms with Gasteiger partial charge in [-0.3, -0.25) is 10.2 Å². The van der Waals surface area contributed by atoms with Gasteiger partial charge in [0.05, 0.1) is 29.0 Å². The Bertz CT molecular complexity index is 1280. The monoisotopic (exact) mass is 540 g/mol. The van der Waals surface area contributed by atoms with Crippen molar-refractivity contribution >= 4 is 11.8 Å². The predicted molar refractivity (Wildman–Crippen MR) is 142 cm³/mol. The standard InChI is InChI=1S/C29H37FN4O5/c1-27(2,3)39-26(36)31-20-8-7-18-6-4-10-29(22(18)12-20)14-23-21(16-38-29)24(35)33-25(32-23)37-17-28-9-5-11-34(28)15-19(30)13-28/h7-8,12,19H,4-6,9-11,13-17H2,1-3H3,(H,31,36)(H,32,33,35)/t19-,28+,29+/m1/s1. The van der Waals surface area contributed by atoms with E-state index in [1.165, 1.54) is 0 Å². The van der Waals surface area contributed by atoms with Gasteiger partial charge < -0.3 is 19.3 Å². The normalized spacial score (nSPS) is 28.1. The van der Waals surface area contributed by atoms with Crippen molar-refractivity contribution in [1.29, 1.82) is 0 Å². The SMILES string of the molecule is CC(C)(C)OC(=O)Nc1ccc2c(c1)[C@]1(CCC2)Cc2nc(OC[C@@]34CCCN3C[C@H](F)C4)nc(O)c2CO1. The average Bonchev–Trinajstić information content (AvgIpc) is 3.38. The molecule has 9 nitrogen and oxygen atoms in total. The number of aromatic nitrogens is 2. The molecule has 210 valence electrons. The maximum Gasteiger partial charge on any atom is 0.412 e. The predicted octanol–water partition coefficient (Wildman–Crippen LogP) is 4.79. The minimum absolute atomic E-state index is 0.114. The molecule has 2 aromatic rings. The third kappa shape index (κ3) is 5.04. The molecule has 4 heterocycles. The number of amides is 1. The summed E-state index contributed by atoms with van der Waals surface area (Å²) >= 11 is 0. The molecule has 6 rings (SSSR count). The maximum absolute atomic E-state index is 14.2. The van der Waals surface area contributed by atoms with Gasteiger partial charge in [-0.25, -0.2) is 9.18 Å². The van der Waals surface area contributed by atoms with Crippen LogP contribution < -0.4 is 10.1 Å². The van der Waals surface area contributed by atoms with E-state index < -0.39 is 23.5 Å². The zero-order chi connectivity index (χ0) is 27.4. The highest BCUT2D eigenvalue weighted by Gasteiger charge is 2.49. The van der Waals surface area contributed by atoms with E-state index in [-0.39, 0.29) is 24.0 Å². The summed E-state index contributed by atoms with van der Waals surface area (Å²) in [5.41, 5.74) is 2.50. The topological polar surface area (TPSA) is 106 Å². The molecule has 2 N–H and O–H groups in total. The van der Waals surface area contributed by atoms with Crippen LogP contribution >= 0.6 is 0 Å². The highest BCUT2D eigenvalue weighted by molar-refractivity contribution is 5.85. The fraction of sp³-hybridized carbons (Fsp3) is 0.621. The van der Waals surface area contributed by atoms with Gasteiger partial charge in [0.25, 0.3) is 0 Å². The maximum atomic E-state index is 14.2. The van der Waals surface area contributed by atoms with Gasteiger partial charge in [0.1, 0.15) is 18.4 Å². The van der Waals surface area contributed by atoms with E-state index in [9.17, 15) is 14.3 Å². The molecular weight excluding hydrogens is 503 g/mol. The number of ether oxygens (including phenoxy) is 3. The number of nitrogens with one attached hydrogen (secondary N) is 1. The van der Waals surface area contributed by atoms with Crippen LogP contribution in [0.25, 0.3) is 0 Å². The Hall–Kier alpha value is -2.98. The molecule has 3 aliphatic heterocycles. The number of carbonyl (C=O) groups excluding carboxylic acids is 1. The van der Waals surface area contributed by atoms with E-state index >= 15 is 0 Å². The third-order valence-electron chi connectivity index (χ3n) is 8.50. The summed E-state index contributed by atoms with van der Waals surface area (Å²) in [4.78, 5) is 23.5. The quantitative estimate of drug-likeness (QED) is 0.570. The first kappa shape index (κ1) is 26.3. The Morgan fingerprint density at radius 3 is 2.95 bits per heavy atom. The van der Waals surface area contributed by atoms with E-state index in [1.807, 2.05) is 39.0 Å². The van der Waals surface area contributed by atoms with Gasteiger partial charge in [-0.1, -0.05) is 6.07 Å². The second-order valence-corrected chi connectivity index (χ2v) is 12.4. The number of anilines is 1. The molecule has 0 radical (unpaired) electrons. The Kier molecular flexibility index (Phi) is 6.45. The van der Waals surface area contributed by atoms with Gasteiger partial charge in [0.2, 0.25) is 5.88 Å². The van der Waals surface area contributed by atoms with Gasteiger partial charge in [0, 0.05) is 25.1 Å². The van der Waals surface area contributed by atoms with Crippen LogP contribution in [-0.2, 0) is 34.5 Å². The molecule has 0 unspecified atom stereocenters. The number of hydrogen-bond acceptors (Lipinski definition) is 8. The van der Waals surface area contributed by atoms with Crippen LogP contribution in [0.15, 0.2) is 18.2 Å². The van der Waals surface area contributed by atoms with Crippen LogP contribution in [0.5, 0.6) is 11.9 Å². The lowest BCUT2D eigenvalue weighted by Gasteiger charge is -2.42. The number of carbonyl (C=O) groups is 1. The van der Waals surface area contributed by atoms with Crippen molar-refractivity contribution in [2.24, 2.45) is 0 Å². The van der Waals surface area contributed by atoms with E-state index in [0.29, 0.717) is 42.9 Å². The molecule has 4 aliphatic rings. The lowest BCUT2D eigenvalue weighted by Crippen LogP contribution is -2.43. The third-order valence-corrected chi connectivity index (χ3v) is 8.50. The molecule has 10 heteroatoms. The van der Waals surface area contributed by atoms with Gasteiger partial charge in [-0.15, -0.1) is 0 Å². The minimum atomic E-state index is -0.843. The van der Waals surface area contributed by atoms with Crippen molar-refractivity contribution in [3.8, 4) is 11.9 Å². The van der Waals surface area contributed by atoms with Crippen molar-refractivity contribution in [2.75, 3.05) is 25.0 Å². The number of hydrogen-bond donors (Lipinski definition) is 2. The van der Waals surface area contributed by atoms with Gasteiger partial charge >= 0.3 is 12.1 Å². The number of rotatable bonds is 4. The zero-order valence-electron chi connectivity index (χ0n) is 22.9. The highest BCUT2D eigenvalue weighted by atomic mass is 19.1. The van der Waals surface area contributed by atoms with E-state index in [4.69, 9.17) is 19.2 Å². The molecular formula is C29H37FN4O5. The van der Waals surface area contributed by atoms with Crippen molar-refractivity contribution < 1.29 is 28.5 Å². The summed E-state index contributed by atoms with van der Waals surface area (Å²) in [7, 11) is 0. The number of alkyl halides is 1. The number of benzene rings is 1. The van der Waals surface area contributed by atoms with E-state index in [2.05, 4.69) is 15.2 Å². The second-order valence-electron chi connectivity index (χ2n) is 12.4. The van der Waals surface area contributed by atoms with Crippen LogP contribution in [0, 0.1) is 0 Å². The molecule has 3 atom stereocenters. The molecule has 2 saturated heterocycles. The Labute approximate surface area is 228 Å². The van der Waals surface area contributed by atoms with Gasteiger partial charge in [0.15, 0.2) is 0 Å². The van der Waals surface area contributed by atoms with Crippen LogP contribution in [-0.4, -0.2) is 63.1 Å². The number of fused-ring (bicyclic) bond motifs is 4. The first-order valence-electron chi connectivity index (χ1n) is 13.9. The molecule has 39 heavy (non-hydrogen) atoms. The number of nitrogens with zero attached hydrogens (tertiary/aromatic N) is 3. The summed E-state index contributed by atoms with van der Waals surface area (Å²) < 4.78 is 32.1. The van der Waals surface area contributed by atoms with Crippen molar-refractivity contribution in [3.63, 3.8) is 0 Å². The second kappa shape index (κ2) is 9.59. The first-order chi connectivity index (χ1) is 18.5. The van der Waals surface area contributed by atoms with E-state index in [1.54, 1.807) is 0 Å². The molecule has 1 aromatic heterocycles. The molecule has 2 fully saturated rings. The molecule has 1 amide bonds. The largest absolute Gasteiger partial charge is 0.493 e. The lowest BCUT2D eigenvalue weighted by atomic mass is 9.74. The fourth-order valence-corrected chi connectivity index (χ4v) is 6.78.